The first-order valence-corrected chi connectivity index (χ1v) is 13.8. The Morgan fingerprint density at radius 1 is 1.15 bits per heavy atom. The number of hydrogen-bond acceptors (Lipinski definition) is 6. The minimum Gasteiger partial charge on any atom is -0.379 e. The number of amides is 2. The Bertz CT molecular complexity index is 1160. The summed E-state index contributed by atoms with van der Waals surface area (Å²) in [7, 11) is -3.74. The van der Waals surface area contributed by atoms with Gasteiger partial charge in [-0.05, 0) is 42.3 Å². The summed E-state index contributed by atoms with van der Waals surface area (Å²) in [6, 6.07) is 12.4. The van der Waals surface area contributed by atoms with Gasteiger partial charge < -0.3 is 15.0 Å². The van der Waals surface area contributed by atoms with Gasteiger partial charge in [0.25, 0.3) is 0 Å². The summed E-state index contributed by atoms with van der Waals surface area (Å²) in [6.07, 6.45) is 0.901. The predicted octanol–water partition coefficient (Wildman–Crippen LogP) is 2.98. The molecule has 0 aliphatic carbocycles. The topological polar surface area (TPSA) is 96.0 Å². The van der Waals surface area contributed by atoms with Crippen molar-refractivity contribution in [2.24, 2.45) is 5.92 Å². The molecule has 0 unspecified atom stereocenters. The molecule has 4 rings (SSSR count). The summed E-state index contributed by atoms with van der Waals surface area (Å²) < 4.78 is 33.1. The number of carbonyl (C=O) groups excluding carboxylic acids is 2. The first kappa shape index (κ1) is 24.7. The number of nitrogens with one attached hydrogen (secondary N) is 1. The van der Waals surface area contributed by atoms with Crippen LogP contribution in [-0.2, 0) is 30.8 Å². The molecule has 2 aromatic rings. The Labute approximate surface area is 204 Å². The SMILES string of the molecule is CCc1ccc(NC(=O)CN2C(=O)[C@@H](C)CSc3ccc(S(=O)(=O)N4CCOCC4)cc32)cc1. The standard InChI is InChI=1S/C24H29N3O5S2/c1-3-18-4-6-19(7-5-18)25-23(28)15-27-21-14-20(34(30,31)26-10-12-32-13-11-26)8-9-22(21)33-16-17(2)24(27)29/h4-9,14,17H,3,10-13,15-16H2,1-2H3,(H,25,28)/t17-/m0/s1. The number of fused-ring (bicyclic) bond motifs is 1. The number of carbonyl (C=O) groups is 2. The van der Waals surface area contributed by atoms with E-state index in [1.54, 1.807) is 12.1 Å². The highest BCUT2D eigenvalue weighted by molar-refractivity contribution is 7.99. The lowest BCUT2D eigenvalue weighted by Gasteiger charge is -2.27. The fourth-order valence-electron chi connectivity index (χ4n) is 3.93. The number of rotatable bonds is 6. The van der Waals surface area contributed by atoms with Gasteiger partial charge in [0.15, 0.2) is 0 Å². The van der Waals surface area contributed by atoms with Crippen molar-refractivity contribution in [1.29, 1.82) is 0 Å². The first-order valence-electron chi connectivity index (χ1n) is 11.3. The fourth-order valence-corrected chi connectivity index (χ4v) is 6.41. The summed E-state index contributed by atoms with van der Waals surface area (Å²) in [4.78, 5) is 28.4. The Kier molecular flexibility index (Phi) is 7.61. The number of nitrogens with zero attached hydrogens (tertiary/aromatic N) is 2. The third-order valence-electron chi connectivity index (χ3n) is 5.95. The van der Waals surface area contributed by atoms with E-state index in [0.717, 1.165) is 16.9 Å². The van der Waals surface area contributed by atoms with Crippen LogP contribution in [0.25, 0.3) is 0 Å². The van der Waals surface area contributed by atoms with Gasteiger partial charge in [0, 0.05) is 35.3 Å². The normalized spacial score (nSPS) is 19.4. The maximum Gasteiger partial charge on any atom is 0.244 e. The molecular weight excluding hydrogens is 474 g/mol. The summed E-state index contributed by atoms with van der Waals surface area (Å²) in [5, 5.41) is 2.84. The highest BCUT2D eigenvalue weighted by Gasteiger charge is 2.32. The van der Waals surface area contributed by atoms with Crippen molar-refractivity contribution in [1.82, 2.24) is 4.31 Å². The Hall–Kier alpha value is -2.40. The minimum absolute atomic E-state index is 0.108. The van der Waals surface area contributed by atoms with Gasteiger partial charge in [0.2, 0.25) is 21.8 Å². The van der Waals surface area contributed by atoms with Crippen LogP contribution in [0.15, 0.2) is 52.3 Å². The zero-order valence-corrected chi connectivity index (χ0v) is 21.0. The number of sulfonamides is 1. The van der Waals surface area contributed by atoms with E-state index in [9.17, 15) is 18.0 Å². The number of thioether (sulfide) groups is 1. The van der Waals surface area contributed by atoms with Crippen molar-refractivity contribution in [2.75, 3.05) is 48.8 Å². The van der Waals surface area contributed by atoms with E-state index in [2.05, 4.69) is 12.2 Å². The van der Waals surface area contributed by atoms with Gasteiger partial charge in [0.05, 0.1) is 23.8 Å². The van der Waals surface area contributed by atoms with Gasteiger partial charge in [-0.25, -0.2) is 8.42 Å². The van der Waals surface area contributed by atoms with Crippen LogP contribution < -0.4 is 10.2 Å². The summed E-state index contributed by atoms with van der Waals surface area (Å²) in [5.41, 5.74) is 2.26. The third kappa shape index (κ3) is 5.30. The first-order chi connectivity index (χ1) is 16.3. The van der Waals surface area contributed by atoms with Crippen molar-refractivity contribution in [2.45, 2.75) is 30.1 Å². The lowest BCUT2D eigenvalue weighted by Crippen LogP contribution is -2.42. The van der Waals surface area contributed by atoms with E-state index in [1.165, 1.54) is 27.0 Å². The van der Waals surface area contributed by atoms with Crippen molar-refractivity contribution >= 4 is 45.0 Å². The van der Waals surface area contributed by atoms with E-state index in [-0.39, 0.29) is 42.3 Å². The van der Waals surface area contributed by atoms with Crippen molar-refractivity contribution in [3.05, 3.63) is 48.0 Å². The Morgan fingerprint density at radius 2 is 1.85 bits per heavy atom. The number of morpholine rings is 1. The molecular formula is C24H29N3O5S2. The van der Waals surface area contributed by atoms with E-state index in [1.807, 2.05) is 31.2 Å². The molecule has 1 saturated heterocycles. The molecule has 0 radical (unpaired) electrons. The largest absolute Gasteiger partial charge is 0.379 e. The van der Waals surface area contributed by atoms with Gasteiger partial charge in [-0.3, -0.25) is 9.59 Å². The molecule has 2 heterocycles. The number of anilines is 2. The van der Waals surface area contributed by atoms with E-state index in [0.29, 0.717) is 30.3 Å². The molecule has 0 bridgehead atoms. The number of ether oxygens (including phenoxy) is 1. The molecule has 0 spiro atoms. The number of benzene rings is 2. The maximum atomic E-state index is 13.2. The number of hydrogen-bond donors (Lipinski definition) is 1. The Morgan fingerprint density at radius 3 is 2.53 bits per heavy atom. The molecule has 0 aromatic heterocycles. The monoisotopic (exact) mass is 503 g/mol. The summed E-state index contributed by atoms with van der Waals surface area (Å²) in [6.45, 7) is 4.94. The van der Waals surface area contributed by atoms with Crippen LogP contribution >= 0.6 is 11.8 Å². The van der Waals surface area contributed by atoms with Crippen LogP contribution in [0.2, 0.25) is 0 Å². The highest BCUT2D eigenvalue weighted by atomic mass is 32.2. The highest BCUT2D eigenvalue weighted by Crippen LogP contribution is 2.38. The van der Waals surface area contributed by atoms with Crippen molar-refractivity contribution < 1.29 is 22.7 Å². The molecule has 1 N–H and O–H groups in total. The summed E-state index contributed by atoms with van der Waals surface area (Å²) >= 11 is 1.49. The average molecular weight is 504 g/mol. The molecule has 1 atom stereocenters. The van der Waals surface area contributed by atoms with Crippen LogP contribution in [0.3, 0.4) is 0 Å². The van der Waals surface area contributed by atoms with Crippen LogP contribution in [-0.4, -0.2) is 63.1 Å². The van der Waals surface area contributed by atoms with Gasteiger partial charge >= 0.3 is 0 Å². The second kappa shape index (κ2) is 10.5. The molecule has 2 aliphatic heterocycles. The molecule has 2 amide bonds. The Balaban J connectivity index is 1.62. The second-order valence-corrected chi connectivity index (χ2v) is 11.4. The smallest absolute Gasteiger partial charge is 0.244 e. The van der Waals surface area contributed by atoms with Crippen LogP contribution in [0.4, 0.5) is 11.4 Å². The lowest BCUT2D eigenvalue weighted by molar-refractivity contribution is -0.123. The lowest BCUT2D eigenvalue weighted by atomic mass is 10.1. The minimum atomic E-state index is -3.74. The molecule has 10 heteroatoms. The van der Waals surface area contributed by atoms with Crippen LogP contribution in [0, 0.1) is 5.92 Å². The van der Waals surface area contributed by atoms with Gasteiger partial charge in [0.1, 0.15) is 6.54 Å². The second-order valence-electron chi connectivity index (χ2n) is 8.38. The van der Waals surface area contributed by atoms with Gasteiger partial charge in [-0.1, -0.05) is 26.0 Å². The van der Waals surface area contributed by atoms with E-state index in [4.69, 9.17) is 4.74 Å². The number of aryl methyl sites for hydroxylation is 1. The molecule has 8 nitrogen and oxygen atoms in total. The zero-order chi connectivity index (χ0) is 24.3. The van der Waals surface area contributed by atoms with Crippen LogP contribution in [0.1, 0.15) is 19.4 Å². The molecule has 2 aliphatic rings. The van der Waals surface area contributed by atoms with E-state index < -0.39 is 10.0 Å². The molecule has 182 valence electrons. The quantitative estimate of drug-likeness (QED) is 0.651. The fraction of sp³-hybridized carbons (Fsp3) is 0.417. The van der Waals surface area contributed by atoms with Gasteiger partial charge in [-0.2, -0.15) is 4.31 Å². The van der Waals surface area contributed by atoms with E-state index >= 15 is 0 Å². The van der Waals surface area contributed by atoms with Crippen molar-refractivity contribution in [3.63, 3.8) is 0 Å². The van der Waals surface area contributed by atoms with Crippen molar-refractivity contribution in [3.8, 4) is 0 Å². The molecule has 34 heavy (non-hydrogen) atoms. The molecule has 0 saturated carbocycles. The average Bonchev–Trinajstić information content (AvgIpc) is 2.96. The summed E-state index contributed by atoms with van der Waals surface area (Å²) in [5.74, 6) is -0.307. The predicted molar refractivity (Wildman–Crippen MR) is 133 cm³/mol. The zero-order valence-electron chi connectivity index (χ0n) is 19.3. The molecule has 1 fully saturated rings. The third-order valence-corrected chi connectivity index (χ3v) is 9.17. The maximum absolute atomic E-state index is 13.2. The molecule has 2 aromatic carbocycles. The van der Waals surface area contributed by atoms with Gasteiger partial charge in [-0.15, -0.1) is 11.8 Å². The van der Waals surface area contributed by atoms with Crippen LogP contribution in [0.5, 0.6) is 0 Å².